The van der Waals surface area contributed by atoms with E-state index in [4.69, 9.17) is 9.63 Å². The Bertz CT molecular complexity index is 521. The maximum Gasteiger partial charge on any atom is 0.309 e. The van der Waals surface area contributed by atoms with E-state index in [1.165, 1.54) is 18.4 Å². The van der Waals surface area contributed by atoms with Gasteiger partial charge >= 0.3 is 5.97 Å². The standard InChI is InChI=1S/C11H8FNO3/c12-8-3-1-2-7(4-8)9-6-16-13-10(9)5-11(14)15/h1-4,6H,5H2,(H,14,15). The average molecular weight is 221 g/mol. The Morgan fingerprint density at radius 3 is 3.00 bits per heavy atom. The van der Waals surface area contributed by atoms with Crippen molar-refractivity contribution in [3.05, 3.63) is 42.0 Å². The van der Waals surface area contributed by atoms with Crippen molar-refractivity contribution >= 4 is 5.97 Å². The van der Waals surface area contributed by atoms with Gasteiger partial charge in [0.15, 0.2) is 0 Å². The molecule has 0 bridgehead atoms. The summed E-state index contributed by atoms with van der Waals surface area (Å²) in [6.07, 6.45) is 1.06. The summed E-state index contributed by atoms with van der Waals surface area (Å²) in [5.74, 6) is -1.40. The summed E-state index contributed by atoms with van der Waals surface area (Å²) in [5, 5.41) is 12.2. The lowest BCUT2D eigenvalue weighted by Gasteiger charge is -1.99. The highest BCUT2D eigenvalue weighted by molar-refractivity contribution is 5.74. The Morgan fingerprint density at radius 1 is 1.50 bits per heavy atom. The number of carboxylic acids is 1. The molecule has 1 aromatic heterocycles. The zero-order valence-electron chi connectivity index (χ0n) is 8.18. The first kappa shape index (κ1) is 10.4. The summed E-state index contributed by atoms with van der Waals surface area (Å²) in [7, 11) is 0. The molecule has 4 nitrogen and oxygen atoms in total. The summed E-state index contributed by atoms with van der Waals surface area (Å²) >= 11 is 0. The summed E-state index contributed by atoms with van der Waals surface area (Å²) in [4.78, 5) is 10.6. The van der Waals surface area contributed by atoms with E-state index in [1.807, 2.05) is 0 Å². The summed E-state index contributed by atoms with van der Waals surface area (Å²) in [6.45, 7) is 0. The van der Waals surface area contributed by atoms with Gasteiger partial charge in [-0.1, -0.05) is 17.3 Å². The van der Waals surface area contributed by atoms with E-state index in [0.29, 0.717) is 11.1 Å². The summed E-state index contributed by atoms with van der Waals surface area (Å²) in [6, 6.07) is 5.83. The van der Waals surface area contributed by atoms with Crippen LogP contribution in [0.4, 0.5) is 4.39 Å². The van der Waals surface area contributed by atoms with Crippen LogP contribution >= 0.6 is 0 Å². The van der Waals surface area contributed by atoms with E-state index in [0.717, 1.165) is 0 Å². The van der Waals surface area contributed by atoms with Crippen molar-refractivity contribution in [2.75, 3.05) is 0 Å². The largest absolute Gasteiger partial charge is 0.481 e. The molecule has 16 heavy (non-hydrogen) atoms. The first-order chi connectivity index (χ1) is 7.66. The second kappa shape index (κ2) is 4.14. The maximum atomic E-state index is 13.0. The minimum absolute atomic E-state index is 0.248. The van der Waals surface area contributed by atoms with Crippen molar-refractivity contribution < 1.29 is 18.8 Å². The number of nitrogens with zero attached hydrogens (tertiary/aromatic N) is 1. The number of aliphatic carboxylic acids is 1. The third-order valence-corrected chi connectivity index (χ3v) is 2.10. The van der Waals surface area contributed by atoms with Gasteiger partial charge in [-0.25, -0.2) is 4.39 Å². The van der Waals surface area contributed by atoms with Gasteiger partial charge in [-0.2, -0.15) is 0 Å². The van der Waals surface area contributed by atoms with Crippen LogP contribution in [-0.2, 0) is 11.2 Å². The van der Waals surface area contributed by atoms with Crippen molar-refractivity contribution in [1.82, 2.24) is 5.16 Å². The molecule has 0 amide bonds. The first-order valence-corrected chi connectivity index (χ1v) is 4.58. The second-order valence-corrected chi connectivity index (χ2v) is 3.26. The van der Waals surface area contributed by atoms with Crippen LogP contribution in [0.2, 0.25) is 0 Å². The normalized spacial score (nSPS) is 10.3. The fourth-order valence-corrected chi connectivity index (χ4v) is 1.42. The topological polar surface area (TPSA) is 63.3 Å². The Labute approximate surface area is 90.3 Å². The molecule has 0 atom stereocenters. The summed E-state index contributed by atoms with van der Waals surface area (Å²) < 4.78 is 17.7. The molecule has 0 aliphatic carbocycles. The smallest absolute Gasteiger partial charge is 0.309 e. The SMILES string of the molecule is O=C(O)Cc1nocc1-c1cccc(F)c1. The van der Waals surface area contributed by atoms with E-state index in [2.05, 4.69) is 5.16 Å². The van der Waals surface area contributed by atoms with Gasteiger partial charge in [0, 0.05) is 5.56 Å². The number of rotatable bonds is 3. The van der Waals surface area contributed by atoms with Gasteiger partial charge < -0.3 is 9.63 Å². The van der Waals surface area contributed by atoms with Crippen LogP contribution in [0, 0.1) is 5.82 Å². The fourth-order valence-electron chi connectivity index (χ4n) is 1.42. The highest BCUT2D eigenvalue weighted by Crippen LogP contribution is 2.23. The molecule has 1 heterocycles. The lowest BCUT2D eigenvalue weighted by molar-refractivity contribution is -0.136. The highest BCUT2D eigenvalue weighted by Gasteiger charge is 2.13. The second-order valence-electron chi connectivity index (χ2n) is 3.26. The van der Waals surface area contributed by atoms with Gasteiger partial charge in [-0.05, 0) is 17.7 Å². The Balaban J connectivity index is 2.40. The van der Waals surface area contributed by atoms with Gasteiger partial charge in [-0.3, -0.25) is 4.79 Å². The number of hydrogen-bond acceptors (Lipinski definition) is 3. The fraction of sp³-hybridized carbons (Fsp3) is 0.0909. The number of benzene rings is 1. The monoisotopic (exact) mass is 221 g/mol. The van der Waals surface area contributed by atoms with E-state index in [1.54, 1.807) is 12.1 Å². The van der Waals surface area contributed by atoms with Crippen LogP contribution in [0.3, 0.4) is 0 Å². The van der Waals surface area contributed by atoms with Gasteiger partial charge in [-0.15, -0.1) is 0 Å². The van der Waals surface area contributed by atoms with E-state index >= 15 is 0 Å². The molecule has 5 heteroatoms. The van der Waals surface area contributed by atoms with Crippen molar-refractivity contribution in [1.29, 1.82) is 0 Å². The first-order valence-electron chi connectivity index (χ1n) is 4.58. The van der Waals surface area contributed by atoms with Crippen molar-refractivity contribution in [3.63, 3.8) is 0 Å². The Hall–Kier alpha value is -2.17. The quantitative estimate of drug-likeness (QED) is 0.862. The van der Waals surface area contributed by atoms with Gasteiger partial charge in [0.2, 0.25) is 0 Å². The number of carbonyl (C=O) groups is 1. The molecular weight excluding hydrogens is 213 g/mol. The lowest BCUT2D eigenvalue weighted by atomic mass is 10.1. The van der Waals surface area contributed by atoms with Crippen LogP contribution in [0.15, 0.2) is 35.1 Å². The molecule has 0 spiro atoms. The van der Waals surface area contributed by atoms with E-state index < -0.39 is 5.97 Å². The van der Waals surface area contributed by atoms with Crippen LogP contribution in [0.1, 0.15) is 5.69 Å². The van der Waals surface area contributed by atoms with Gasteiger partial charge in [0.1, 0.15) is 17.8 Å². The Morgan fingerprint density at radius 2 is 2.31 bits per heavy atom. The number of hydrogen-bond donors (Lipinski definition) is 1. The predicted octanol–water partition coefficient (Wildman–Crippen LogP) is 2.11. The van der Waals surface area contributed by atoms with Crippen LogP contribution in [0.5, 0.6) is 0 Å². The zero-order valence-corrected chi connectivity index (χ0v) is 8.18. The number of aromatic nitrogens is 1. The molecule has 82 valence electrons. The third kappa shape index (κ3) is 2.08. The molecule has 0 fully saturated rings. The molecule has 1 N–H and O–H groups in total. The molecule has 0 radical (unpaired) electrons. The molecule has 0 aliphatic rings. The van der Waals surface area contributed by atoms with Gasteiger partial charge in [0.25, 0.3) is 0 Å². The maximum absolute atomic E-state index is 13.0. The predicted molar refractivity (Wildman–Crippen MR) is 53.2 cm³/mol. The summed E-state index contributed by atoms with van der Waals surface area (Å²) in [5.41, 5.74) is 1.34. The zero-order chi connectivity index (χ0) is 11.5. The lowest BCUT2D eigenvalue weighted by Crippen LogP contribution is -2.01. The highest BCUT2D eigenvalue weighted by atomic mass is 19.1. The van der Waals surface area contributed by atoms with Crippen molar-refractivity contribution in [3.8, 4) is 11.1 Å². The van der Waals surface area contributed by atoms with Crippen molar-refractivity contribution in [2.45, 2.75) is 6.42 Å². The number of halogens is 1. The molecule has 2 rings (SSSR count). The average Bonchev–Trinajstić information content (AvgIpc) is 2.65. The molecule has 0 unspecified atom stereocenters. The minimum Gasteiger partial charge on any atom is -0.481 e. The van der Waals surface area contributed by atoms with E-state index in [-0.39, 0.29) is 17.9 Å². The van der Waals surface area contributed by atoms with Crippen LogP contribution in [0.25, 0.3) is 11.1 Å². The third-order valence-electron chi connectivity index (χ3n) is 2.10. The molecule has 0 saturated carbocycles. The molecule has 0 aliphatic heterocycles. The van der Waals surface area contributed by atoms with Crippen LogP contribution < -0.4 is 0 Å². The molecule has 2 aromatic rings. The molecular formula is C11H8FNO3. The molecule has 0 saturated heterocycles. The Kier molecular flexibility index (Phi) is 2.68. The van der Waals surface area contributed by atoms with Gasteiger partial charge in [0.05, 0.1) is 6.42 Å². The van der Waals surface area contributed by atoms with Crippen LogP contribution in [-0.4, -0.2) is 16.2 Å². The number of carboxylic acid groups (broad SMARTS) is 1. The van der Waals surface area contributed by atoms with E-state index in [9.17, 15) is 9.18 Å². The molecule has 1 aromatic carbocycles. The minimum atomic E-state index is -1.01. The van der Waals surface area contributed by atoms with Crippen molar-refractivity contribution in [2.24, 2.45) is 0 Å².